The van der Waals surface area contributed by atoms with Gasteiger partial charge in [0.15, 0.2) is 41.3 Å². The number of rotatable bonds is 18. The molecule has 0 spiro atoms. The second-order valence-electron chi connectivity index (χ2n) is 35.9. The van der Waals surface area contributed by atoms with E-state index >= 15 is 0 Å². The molecule has 146 heavy (non-hydrogen) atoms. The Hall–Kier alpha value is -19.9. The molecular weight excluding hydrogens is 1820 g/mol. The molecule has 10 nitrogen and oxygen atoms in total. The highest BCUT2D eigenvalue weighted by atomic mass is 28.3. The Balaban J connectivity index is 0.000000125. The topological polar surface area (TPSA) is 84.2 Å². The van der Waals surface area contributed by atoms with E-state index in [2.05, 4.69) is 457 Å². The van der Waals surface area contributed by atoms with Gasteiger partial charge in [-0.25, -0.2) is 19.4 Å². The lowest BCUT2D eigenvalue weighted by atomic mass is 9.98. The van der Waals surface area contributed by atoms with E-state index in [0.29, 0.717) is 45.1 Å². The summed E-state index contributed by atoms with van der Waals surface area (Å²) in [6.45, 7) is 41.4. The van der Waals surface area contributed by atoms with Crippen molar-refractivity contribution >= 4 is 180 Å². The number of hydrogen-bond acceptors (Lipinski definition) is 2. The van der Waals surface area contributed by atoms with Gasteiger partial charge in [-0.1, -0.05) is 448 Å². The predicted molar refractivity (Wildman–Crippen MR) is 610 cm³/mol. The molecule has 0 aliphatic rings. The van der Waals surface area contributed by atoms with Crippen molar-refractivity contribution in [1.82, 2.24) is 13.7 Å². The fraction of sp³-hybridized carbons (Fsp3) is 0. The third-order valence-electron chi connectivity index (χ3n) is 28.4. The molecule has 0 N–H and O–H groups in total. The van der Waals surface area contributed by atoms with Gasteiger partial charge in [-0.3, -0.25) is 4.85 Å². The van der Waals surface area contributed by atoms with Crippen LogP contribution in [0, 0.1) is 55.5 Å². The maximum Gasteiger partial charge on any atom is 0.218 e. The number of nitriles is 2. The van der Waals surface area contributed by atoms with E-state index in [0.717, 1.165) is 115 Å². The second-order valence-corrected chi connectivity index (χ2v) is 47.2. The van der Waals surface area contributed by atoms with Crippen LogP contribution < -0.4 is 62.2 Å². The van der Waals surface area contributed by atoms with Crippen LogP contribution in [0.4, 0.5) is 28.4 Å². The molecule has 0 saturated carbocycles. The quantitative estimate of drug-likeness (QED) is 0.0487. The third kappa shape index (κ3) is 15.6. The van der Waals surface area contributed by atoms with Crippen molar-refractivity contribution in [1.29, 1.82) is 10.5 Å². The molecule has 24 rings (SSSR count). The number of fused-ring (bicyclic) bond motifs is 9. The Kier molecular flexibility index (Phi) is 24.8. The molecule has 0 saturated heterocycles. The molecule has 0 atom stereocenters. The normalized spacial score (nSPS) is 11.2. The van der Waals surface area contributed by atoms with Crippen LogP contribution in [0.3, 0.4) is 0 Å². The average molecular weight is 1910 g/mol. The van der Waals surface area contributed by atoms with Gasteiger partial charge in [-0.15, -0.1) is 0 Å². The number of hydrogen-bond donors (Lipinski definition) is 0. The Labute approximate surface area is 850 Å². The number of aromatic nitrogens is 3. The van der Waals surface area contributed by atoms with Gasteiger partial charge >= 0.3 is 0 Å². The zero-order valence-corrected chi connectivity index (χ0v) is 82.1. The molecule has 0 unspecified atom stereocenters. The van der Waals surface area contributed by atoms with Gasteiger partial charge < -0.3 is 13.7 Å². The molecule has 0 fully saturated rings. The Morgan fingerprint density at radius 3 is 0.904 bits per heavy atom. The van der Waals surface area contributed by atoms with E-state index in [4.69, 9.17) is 32.9 Å². The lowest BCUT2D eigenvalue weighted by Gasteiger charge is -2.36. The molecule has 0 bridgehead atoms. The minimum Gasteiger partial charge on any atom is -0.320 e. The third-order valence-corrected chi connectivity index (χ3v) is 42.8. The van der Waals surface area contributed by atoms with E-state index in [-0.39, 0.29) is 0 Å². The van der Waals surface area contributed by atoms with Gasteiger partial charge in [-0.05, 0) is 164 Å². The second kappa shape index (κ2) is 39.8. The summed E-state index contributed by atoms with van der Waals surface area (Å²) in [6, 6.07) is 186. The summed E-state index contributed by atoms with van der Waals surface area (Å²) in [5.41, 5.74) is 17.0. The van der Waals surface area contributed by atoms with Gasteiger partial charge in [0, 0.05) is 54.8 Å². The Morgan fingerprint density at radius 1 is 0.212 bits per heavy atom. The first kappa shape index (κ1) is 91.2. The minimum absolute atomic E-state index is 0.348. The SMILES string of the molecule is [C-]#[N+]c1cc([N+]#[C-])c(-n2c3ccccc3c3ccccc32)c(-c2ccccc2[Si](c2ccccc2)(c2ccccc2)c2ccccc2)c1.[C-]#[N+]c1cc([Si](c2ccccc2)(c2ccccc2)c2ccccc2)cc(C#N)c1-c1ccc(-n2c3ccccc3c3cc(C#N)ccc32)cc1.[C-]#[N+]c1ccc(-c2ccccc2[Si](c2ccccc2)(c2ccccc2)c2ccccc2)c(-n2c3ccccc3c3ccccc32)c1[N+]#[C-]. The van der Waals surface area contributed by atoms with E-state index in [9.17, 15) is 10.5 Å². The summed E-state index contributed by atoms with van der Waals surface area (Å²) >= 11 is 0. The number of nitrogens with zero attached hydrogens (tertiary/aromatic N) is 10. The molecule has 0 radical (unpaired) electrons. The van der Waals surface area contributed by atoms with Crippen molar-refractivity contribution in [3.8, 4) is 62.6 Å². The van der Waals surface area contributed by atoms with Crippen LogP contribution in [-0.2, 0) is 0 Å². The van der Waals surface area contributed by atoms with Gasteiger partial charge in [0.05, 0.1) is 89.4 Å². The molecule has 3 aromatic heterocycles. The first-order valence-electron chi connectivity index (χ1n) is 48.2. The molecule has 3 heterocycles. The van der Waals surface area contributed by atoms with Gasteiger partial charge in [-0.2, -0.15) is 10.5 Å². The van der Waals surface area contributed by atoms with Crippen molar-refractivity contribution in [2.24, 2.45) is 0 Å². The summed E-state index contributed by atoms with van der Waals surface area (Å²) in [7, 11) is -8.84. The monoisotopic (exact) mass is 1910 g/mol. The minimum atomic E-state index is -2.96. The summed E-state index contributed by atoms with van der Waals surface area (Å²) in [5.74, 6) is 0. The van der Waals surface area contributed by atoms with E-state index in [1.54, 1.807) is 6.07 Å². The molecule has 680 valence electrons. The Morgan fingerprint density at radius 2 is 0.541 bits per heavy atom. The maximum absolute atomic E-state index is 10.7. The zero-order valence-electron chi connectivity index (χ0n) is 79.1. The Bertz CT molecular complexity index is 9010. The van der Waals surface area contributed by atoms with E-state index in [1.807, 2.05) is 109 Å². The van der Waals surface area contributed by atoms with E-state index < -0.39 is 24.2 Å². The highest BCUT2D eigenvalue weighted by Gasteiger charge is 2.47. The van der Waals surface area contributed by atoms with Gasteiger partial charge in [0.25, 0.3) is 0 Å². The van der Waals surface area contributed by atoms with Crippen LogP contribution in [0.2, 0.25) is 0 Å². The summed E-state index contributed by atoms with van der Waals surface area (Å²) in [4.78, 5) is 20.0. The molecule has 24 aromatic rings. The average Bonchev–Trinajstić information content (AvgIpc) is 0.965. The van der Waals surface area contributed by atoms with Crippen LogP contribution in [0.15, 0.2) is 522 Å². The van der Waals surface area contributed by atoms with Crippen LogP contribution in [0.5, 0.6) is 0 Å². The molecule has 0 aliphatic heterocycles. The van der Waals surface area contributed by atoms with Crippen LogP contribution in [0.1, 0.15) is 11.1 Å². The predicted octanol–water partition coefficient (Wildman–Crippen LogP) is 26.0. The zero-order chi connectivity index (χ0) is 99.1. The van der Waals surface area contributed by atoms with Gasteiger partial charge in [0.2, 0.25) is 11.4 Å². The summed E-state index contributed by atoms with van der Waals surface area (Å²) < 4.78 is 6.63. The lowest BCUT2D eigenvalue weighted by Crippen LogP contribution is -2.75. The van der Waals surface area contributed by atoms with Crippen LogP contribution in [-0.4, -0.2) is 37.9 Å². The van der Waals surface area contributed by atoms with Crippen molar-refractivity contribution in [2.45, 2.75) is 0 Å². The van der Waals surface area contributed by atoms with Crippen molar-refractivity contribution in [2.75, 3.05) is 0 Å². The van der Waals surface area contributed by atoms with Crippen LogP contribution in [0.25, 0.3) is 140 Å². The molecular formula is C133H86N10Si3. The molecule has 21 aromatic carbocycles. The van der Waals surface area contributed by atoms with Crippen molar-refractivity contribution in [3.05, 3.63) is 590 Å². The van der Waals surface area contributed by atoms with E-state index in [1.165, 1.54) is 57.1 Å². The number of benzene rings is 21. The lowest BCUT2D eigenvalue weighted by molar-refractivity contribution is 1.18. The molecule has 0 aliphatic carbocycles. The molecule has 0 amide bonds. The van der Waals surface area contributed by atoms with Crippen molar-refractivity contribution < 1.29 is 0 Å². The summed E-state index contributed by atoms with van der Waals surface area (Å²) in [5, 5.41) is 41.4. The standard InChI is InChI=1S/C45H28N4Si.2C44H29N3Si/c1-48-42-29-39(50(36-13-5-2-6-14-36,37-15-7-3-8-16-37)38-17-9-4-10-18-38)28-34(31-47)45(42)33-22-24-35(25-23-33)49-43-20-12-11-19-40(43)41-27-32(30-46)21-26-44(41)49;1-45-32-30-39(44(40(31-32)46-2)47-41-27-15-12-24-36(41)37-25-13-16-28-42(37)47)38-26-14-17-29-43(38)48(33-18-6-3-7-19-33,34-20-8-4-9-21-34)35-22-10-5-11-23-35;1-45-39-31-30-38(44(43(39)46-2)47-40-27-15-12-24-35(40)36-25-13-16-28-41(36)47)37-26-14-17-29-42(37)48(32-18-6-3-7-19-32,33-20-8-4-9-21-33)34-22-10-5-11-23-34/h2-29H;2*3-31H. The maximum atomic E-state index is 10.7. The smallest absolute Gasteiger partial charge is 0.218 e. The highest BCUT2D eigenvalue weighted by Crippen LogP contribution is 2.48. The number of para-hydroxylation sites is 5. The highest BCUT2D eigenvalue weighted by molar-refractivity contribution is 7.21. The van der Waals surface area contributed by atoms with Crippen LogP contribution >= 0.6 is 0 Å². The fourth-order valence-corrected chi connectivity index (χ4v) is 37.1. The first-order valence-corrected chi connectivity index (χ1v) is 54.2. The molecule has 13 heteroatoms. The largest absolute Gasteiger partial charge is 0.320 e. The summed E-state index contributed by atoms with van der Waals surface area (Å²) in [6.07, 6.45) is 0. The first-order chi connectivity index (χ1) is 72.2. The van der Waals surface area contributed by atoms with Gasteiger partial charge in [0.1, 0.15) is 0 Å². The fourth-order valence-electron chi connectivity index (χ4n) is 22.4. The van der Waals surface area contributed by atoms with Crippen molar-refractivity contribution in [3.63, 3.8) is 0 Å².